The number of hydrogen-bond acceptors (Lipinski definition) is 6. The Hall–Kier alpha value is -2.98. The van der Waals surface area contributed by atoms with Crippen LogP contribution in [0.5, 0.6) is 0 Å². The molecule has 0 spiro atoms. The van der Waals surface area contributed by atoms with Gasteiger partial charge in [-0.2, -0.15) is 0 Å². The van der Waals surface area contributed by atoms with Crippen molar-refractivity contribution in [1.82, 2.24) is 16.0 Å². The number of carbonyl (C=O) groups excluding carboxylic acids is 3. The Morgan fingerprint density at radius 1 is 0.848 bits per heavy atom. The van der Waals surface area contributed by atoms with Crippen molar-refractivity contribution < 1.29 is 29.4 Å². The van der Waals surface area contributed by atoms with Crippen LogP contribution in [0.4, 0.5) is 0 Å². The zero-order valence-corrected chi connectivity index (χ0v) is 19.6. The Kier molecular flexibility index (Phi) is 11.5. The lowest BCUT2D eigenvalue weighted by atomic mass is 10.0. The molecule has 0 fully saturated rings. The molecule has 0 aliphatic rings. The minimum atomic E-state index is -1.30. The van der Waals surface area contributed by atoms with Crippen molar-refractivity contribution in [2.24, 2.45) is 17.6 Å². The standard InChI is InChI=1S/C23H36N4O6/c1-13(2)10-16(25-21(30)18(12-28)27-22(31)19(24)14(3)4)20(29)26-17(23(32)33)11-15-8-6-5-7-9-15/h5-9,13-14,16-19,28H,10-12,24H2,1-4H3,(H,25,30)(H,26,29)(H,27,31)(H,32,33). The van der Waals surface area contributed by atoms with E-state index in [9.17, 15) is 29.4 Å². The molecule has 0 heterocycles. The summed E-state index contributed by atoms with van der Waals surface area (Å²) in [5.74, 6) is -3.41. The average Bonchev–Trinajstić information content (AvgIpc) is 2.75. The molecule has 10 nitrogen and oxygen atoms in total. The summed E-state index contributed by atoms with van der Waals surface area (Å²) in [6.07, 6.45) is 0.305. The van der Waals surface area contributed by atoms with Crippen molar-refractivity contribution in [3.63, 3.8) is 0 Å². The first-order valence-electron chi connectivity index (χ1n) is 11.0. The molecule has 0 saturated heterocycles. The van der Waals surface area contributed by atoms with E-state index in [1.807, 2.05) is 13.8 Å². The number of aliphatic carboxylic acids is 1. The maximum absolute atomic E-state index is 12.9. The molecule has 0 bridgehead atoms. The molecule has 0 saturated carbocycles. The Morgan fingerprint density at radius 3 is 1.85 bits per heavy atom. The second-order valence-corrected chi connectivity index (χ2v) is 8.79. The van der Waals surface area contributed by atoms with E-state index in [2.05, 4.69) is 16.0 Å². The van der Waals surface area contributed by atoms with Gasteiger partial charge < -0.3 is 31.9 Å². The zero-order chi connectivity index (χ0) is 25.1. The molecule has 1 aromatic carbocycles. The van der Waals surface area contributed by atoms with Gasteiger partial charge in [0.05, 0.1) is 12.6 Å². The highest BCUT2D eigenvalue weighted by Crippen LogP contribution is 2.08. The van der Waals surface area contributed by atoms with E-state index in [1.165, 1.54) is 0 Å². The van der Waals surface area contributed by atoms with Crippen molar-refractivity contribution in [1.29, 1.82) is 0 Å². The van der Waals surface area contributed by atoms with Gasteiger partial charge in [0.2, 0.25) is 17.7 Å². The molecule has 10 heteroatoms. The van der Waals surface area contributed by atoms with Crippen LogP contribution < -0.4 is 21.7 Å². The van der Waals surface area contributed by atoms with E-state index in [0.717, 1.165) is 5.56 Å². The summed E-state index contributed by atoms with van der Waals surface area (Å²) >= 11 is 0. The van der Waals surface area contributed by atoms with Crippen LogP contribution in [0.1, 0.15) is 39.7 Å². The molecule has 4 atom stereocenters. The number of aliphatic hydroxyl groups is 1. The second-order valence-electron chi connectivity index (χ2n) is 8.79. The molecule has 1 rings (SSSR count). The molecule has 0 aliphatic heterocycles. The molecule has 7 N–H and O–H groups in total. The third kappa shape index (κ3) is 9.58. The van der Waals surface area contributed by atoms with Gasteiger partial charge in [0.1, 0.15) is 18.1 Å². The minimum absolute atomic E-state index is 0.00465. The van der Waals surface area contributed by atoms with Crippen molar-refractivity contribution in [2.75, 3.05) is 6.61 Å². The lowest BCUT2D eigenvalue weighted by Crippen LogP contribution is -2.58. The third-order valence-electron chi connectivity index (χ3n) is 5.07. The lowest BCUT2D eigenvalue weighted by molar-refractivity contribution is -0.142. The summed E-state index contributed by atoms with van der Waals surface area (Å²) < 4.78 is 0. The fraction of sp³-hybridized carbons (Fsp3) is 0.565. The fourth-order valence-corrected chi connectivity index (χ4v) is 3.06. The molecule has 33 heavy (non-hydrogen) atoms. The lowest BCUT2D eigenvalue weighted by Gasteiger charge is -2.25. The van der Waals surface area contributed by atoms with E-state index >= 15 is 0 Å². The number of benzene rings is 1. The van der Waals surface area contributed by atoms with E-state index in [-0.39, 0.29) is 24.7 Å². The monoisotopic (exact) mass is 464 g/mol. The first-order chi connectivity index (χ1) is 15.5. The fourth-order valence-electron chi connectivity index (χ4n) is 3.06. The third-order valence-corrected chi connectivity index (χ3v) is 5.07. The molecule has 0 aliphatic carbocycles. The van der Waals surface area contributed by atoms with Crippen LogP contribution >= 0.6 is 0 Å². The van der Waals surface area contributed by atoms with Crippen LogP contribution in [-0.2, 0) is 25.6 Å². The maximum Gasteiger partial charge on any atom is 0.326 e. The molecule has 1 aromatic rings. The Labute approximate surface area is 194 Å². The van der Waals surface area contributed by atoms with Crippen molar-refractivity contribution >= 4 is 23.7 Å². The highest BCUT2D eigenvalue weighted by molar-refractivity contribution is 5.94. The highest BCUT2D eigenvalue weighted by atomic mass is 16.4. The normalized spacial score (nSPS) is 14.8. The smallest absolute Gasteiger partial charge is 0.326 e. The average molecular weight is 465 g/mol. The van der Waals surface area contributed by atoms with Crippen molar-refractivity contribution in [3.8, 4) is 0 Å². The second kappa shape index (κ2) is 13.5. The predicted molar refractivity (Wildman–Crippen MR) is 123 cm³/mol. The van der Waals surface area contributed by atoms with Gasteiger partial charge in [0.15, 0.2) is 0 Å². The van der Waals surface area contributed by atoms with Crippen LogP contribution in [0.3, 0.4) is 0 Å². The van der Waals surface area contributed by atoms with E-state index in [1.54, 1.807) is 44.2 Å². The molecule has 3 amide bonds. The summed E-state index contributed by atoms with van der Waals surface area (Å²) in [5.41, 5.74) is 6.52. The number of nitrogens with two attached hydrogens (primary N) is 1. The molecule has 0 radical (unpaired) electrons. The quantitative estimate of drug-likeness (QED) is 0.234. The molecular formula is C23H36N4O6. The Balaban J connectivity index is 2.91. The first-order valence-corrected chi connectivity index (χ1v) is 11.0. The minimum Gasteiger partial charge on any atom is -0.480 e. The predicted octanol–water partition coefficient (Wildman–Crippen LogP) is -0.210. The number of carbonyl (C=O) groups is 4. The van der Waals surface area contributed by atoms with E-state index in [4.69, 9.17) is 5.73 Å². The van der Waals surface area contributed by atoms with Gasteiger partial charge in [0.25, 0.3) is 0 Å². The van der Waals surface area contributed by atoms with Gasteiger partial charge >= 0.3 is 5.97 Å². The molecule has 0 aromatic heterocycles. The Bertz CT molecular complexity index is 799. The summed E-state index contributed by atoms with van der Waals surface area (Å²) in [6, 6.07) is 4.44. The van der Waals surface area contributed by atoms with Crippen molar-refractivity contribution in [3.05, 3.63) is 35.9 Å². The van der Waals surface area contributed by atoms with Crippen LogP contribution in [0.15, 0.2) is 30.3 Å². The maximum atomic E-state index is 12.9. The Morgan fingerprint density at radius 2 is 1.36 bits per heavy atom. The van der Waals surface area contributed by atoms with Gasteiger partial charge in [-0.15, -0.1) is 0 Å². The summed E-state index contributed by atoms with van der Waals surface area (Å²) in [5, 5.41) is 26.5. The number of carboxylic acid groups (broad SMARTS) is 1. The number of amides is 3. The largest absolute Gasteiger partial charge is 0.480 e. The van der Waals surface area contributed by atoms with Gasteiger partial charge in [0, 0.05) is 6.42 Å². The van der Waals surface area contributed by atoms with Crippen molar-refractivity contribution in [2.45, 2.75) is 64.7 Å². The van der Waals surface area contributed by atoms with E-state index < -0.39 is 54.5 Å². The molecule has 4 unspecified atom stereocenters. The number of nitrogens with one attached hydrogen (secondary N) is 3. The summed E-state index contributed by atoms with van der Waals surface area (Å²) in [6.45, 7) is 6.49. The van der Waals surface area contributed by atoms with Gasteiger partial charge in [-0.25, -0.2) is 4.79 Å². The van der Waals surface area contributed by atoms with Gasteiger partial charge in [-0.05, 0) is 23.8 Å². The SMILES string of the molecule is CC(C)CC(NC(=O)C(CO)NC(=O)C(N)C(C)C)C(=O)NC(Cc1ccccc1)C(=O)O. The number of rotatable bonds is 13. The zero-order valence-electron chi connectivity index (χ0n) is 19.6. The van der Waals surface area contributed by atoms with Gasteiger partial charge in [-0.1, -0.05) is 58.0 Å². The summed E-state index contributed by atoms with van der Waals surface area (Å²) in [7, 11) is 0. The number of hydrogen-bond donors (Lipinski definition) is 6. The molecular weight excluding hydrogens is 428 g/mol. The first kappa shape index (κ1) is 28.1. The topological polar surface area (TPSA) is 171 Å². The number of carboxylic acids is 1. The summed E-state index contributed by atoms with van der Waals surface area (Å²) in [4.78, 5) is 49.5. The van der Waals surface area contributed by atoms with Crippen LogP contribution in [0, 0.1) is 11.8 Å². The van der Waals surface area contributed by atoms with E-state index in [0.29, 0.717) is 0 Å². The molecule has 184 valence electrons. The van der Waals surface area contributed by atoms with Crippen LogP contribution in [0.25, 0.3) is 0 Å². The highest BCUT2D eigenvalue weighted by Gasteiger charge is 2.31. The van der Waals surface area contributed by atoms with Crippen LogP contribution in [0.2, 0.25) is 0 Å². The number of aliphatic hydroxyl groups excluding tert-OH is 1. The van der Waals surface area contributed by atoms with Gasteiger partial charge in [-0.3, -0.25) is 14.4 Å². The van der Waals surface area contributed by atoms with Crippen LogP contribution in [-0.4, -0.2) is 64.7 Å².